The largest absolute Gasteiger partial charge is 0.353 e. The van der Waals surface area contributed by atoms with E-state index in [1.54, 1.807) is 17.5 Å². The highest BCUT2D eigenvalue weighted by atomic mass is 32.1. The first-order valence-corrected chi connectivity index (χ1v) is 14.1. The molecule has 3 unspecified atom stereocenters. The third-order valence-electron chi connectivity index (χ3n) is 8.83. The molecule has 4 aliphatic rings. The molecule has 4 atom stereocenters. The Kier molecular flexibility index (Phi) is 6.48. The lowest BCUT2D eigenvalue weighted by atomic mass is 9.85. The second-order valence-corrected chi connectivity index (χ2v) is 12.1. The summed E-state index contributed by atoms with van der Waals surface area (Å²) in [5.74, 6) is 4.07. The van der Waals surface area contributed by atoms with Crippen LogP contribution in [0.3, 0.4) is 0 Å². The minimum absolute atomic E-state index is 0.0192. The van der Waals surface area contributed by atoms with E-state index in [4.69, 9.17) is 0 Å². The highest BCUT2D eigenvalue weighted by Gasteiger charge is 2.41. The summed E-state index contributed by atoms with van der Waals surface area (Å²) in [6.45, 7) is 3.34. The van der Waals surface area contributed by atoms with Gasteiger partial charge in [0.25, 0.3) is 5.91 Å². The van der Waals surface area contributed by atoms with Crippen molar-refractivity contribution >= 4 is 29.0 Å². The molecule has 8 heteroatoms. The summed E-state index contributed by atoms with van der Waals surface area (Å²) < 4.78 is 0. The van der Waals surface area contributed by atoms with Crippen molar-refractivity contribution in [2.75, 3.05) is 31.1 Å². The van der Waals surface area contributed by atoms with Gasteiger partial charge in [-0.1, -0.05) is 6.42 Å². The SMILES string of the molecule is O=C(N[C@H]1CCN(c2cccnn2)C1)c1ccc(C2CCN(C(=O)CC3CC4CCC3C4)CC2)s1. The van der Waals surface area contributed by atoms with Crippen LogP contribution >= 0.6 is 11.3 Å². The second kappa shape index (κ2) is 9.88. The zero-order valence-electron chi connectivity index (χ0n) is 20.3. The van der Waals surface area contributed by atoms with Gasteiger partial charge in [0, 0.05) is 49.7 Å². The maximum atomic E-state index is 12.9. The van der Waals surface area contributed by atoms with Crippen molar-refractivity contribution in [2.24, 2.45) is 17.8 Å². The predicted molar refractivity (Wildman–Crippen MR) is 137 cm³/mol. The Bertz CT molecular complexity index is 1050. The van der Waals surface area contributed by atoms with Gasteiger partial charge in [-0.05, 0) is 86.5 Å². The van der Waals surface area contributed by atoms with Gasteiger partial charge < -0.3 is 15.1 Å². The normalized spacial score (nSPS) is 28.6. The third-order valence-corrected chi connectivity index (χ3v) is 10.1. The van der Waals surface area contributed by atoms with Gasteiger partial charge in [0.1, 0.15) is 0 Å². The van der Waals surface area contributed by atoms with E-state index in [0.29, 0.717) is 17.7 Å². The van der Waals surface area contributed by atoms with E-state index in [2.05, 4.69) is 31.4 Å². The number of carbonyl (C=O) groups is 2. The number of rotatable bonds is 6. The molecule has 2 amide bonds. The number of fused-ring (bicyclic) bond motifs is 2. The van der Waals surface area contributed by atoms with Gasteiger partial charge in [-0.2, -0.15) is 5.10 Å². The smallest absolute Gasteiger partial charge is 0.261 e. The topological polar surface area (TPSA) is 78.4 Å². The minimum Gasteiger partial charge on any atom is -0.353 e. The van der Waals surface area contributed by atoms with Crippen molar-refractivity contribution in [2.45, 2.75) is 63.3 Å². The van der Waals surface area contributed by atoms with Crippen LogP contribution in [0.1, 0.15) is 71.8 Å². The first-order valence-electron chi connectivity index (χ1n) is 13.3. The Morgan fingerprint density at radius 2 is 1.91 bits per heavy atom. The number of piperidine rings is 1. The maximum Gasteiger partial charge on any atom is 0.261 e. The molecule has 1 N–H and O–H groups in total. The summed E-state index contributed by atoms with van der Waals surface area (Å²) in [5.41, 5.74) is 0. The molecule has 4 heterocycles. The van der Waals surface area contributed by atoms with Crippen molar-refractivity contribution in [3.63, 3.8) is 0 Å². The summed E-state index contributed by atoms with van der Waals surface area (Å²) >= 11 is 1.62. The number of likely N-dealkylation sites (tertiary alicyclic amines) is 1. The van der Waals surface area contributed by atoms with Crippen LogP contribution in [-0.4, -0.2) is 59.1 Å². The number of hydrogen-bond donors (Lipinski definition) is 1. The molecular formula is C27H35N5O2S. The fourth-order valence-electron chi connectivity index (χ4n) is 6.89. The Morgan fingerprint density at radius 3 is 2.66 bits per heavy atom. The summed E-state index contributed by atoms with van der Waals surface area (Å²) in [5, 5.41) is 11.3. The molecule has 0 radical (unpaired) electrons. The highest BCUT2D eigenvalue weighted by molar-refractivity contribution is 7.14. The van der Waals surface area contributed by atoms with Crippen LogP contribution in [0.15, 0.2) is 30.5 Å². The summed E-state index contributed by atoms with van der Waals surface area (Å²) in [4.78, 5) is 32.2. The lowest BCUT2D eigenvalue weighted by Gasteiger charge is -2.33. The molecule has 4 fully saturated rings. The first-order chi connectivity index (χ1) is 17.1. The number of nitrogens with zero attached hydrogens (tertiary/aromatic N) is 4. The molecule has 186 valence electrons. The summed E-state index contributed by atoms with van der Waals surface area (Å²) in [7, 11) is 0. The molecular weight excluding hydrogens is 458 g/mol. The molecule has 6 rings (SSSR count). The minimum atomic E-state index is 0.0192. The van der Waals surface area contributed by atoms with Gasteiger partial charge in [0.05, 0.1) is 4.88 Å². The predicted octanol–water partition coefficient (Wildman–Crippen LogP) is 4.08. The van der Waals surface area contributed by atoms with Crippen LogP contribution in [0.25, 0.3) is 0 Å². The summed E-state index contributed by atoms with van der Waals surface area (Å²) in [6.07, 6.45) is 10.7. The lowest BCUT2D eigenvalue weighted by molar-refractivity contribution is -0.133. The molecule has 2 bridgehead atoms. The van der Waals surface area contributed by atoms with Gasteiger partial charge in [-0.15, -0.1) is 16.4 Å². The number of nitrogens with one attached hydrogen (secondary N) is 1. The second-order valence-electron chi connectivity index (χ2n) is 11.0. The summed E-state index contributed by atoms with van der Waals surface area (Å²) in [6, 6.07) is 8.06. The van der Waals surface area contributed by atoms with Crippen LogP contribution < -0.4 is 10.2 Å². The fraction of sp³-hybridized carbons (Fsp3) is 0.630. The van der Waals surface area contributed by atoms with Crippen molar-refractivity contribution in [1.29, 1.82) is 0 Å². The average molecular weight is 494 g/mol. The van der Waals surface area contributed by atoms with Crippen LogP contribution in [0.4, 0.5) is 5.82 Å². The Labute approximate surface area is 211 Å². The van der Waals surface area contributed by atoms with Gasteiger partial charge in [-0.25, -0.2) is 0 Å². The van der Waals surface area contributed by atoms with Crippen molar-refractivity contribution in [3.05, 3.63) is 40.2 Å². The molecule has 7 nitrogen and oxygen atoms in total. The van der Waals surface area contributed by atoms with Crippen LogP contribution in [0, 0.1) is 17.8 Å². The van der Waals surface area contributed by atoms with Crippen LogP contribution in [0.2, 0.25) is 0 Å². The first kappa shape index (κ1) is 23.0. The van der Waals surface area contributed by atoms with Crippen molar-refractivity contribution < 1.29 is 9.59 Å². The molecule has 2 aromatic rings. The Balaban J connectivity index is 0.973. The van der Waals surface area contributed by atoms with Crippen molar-refractivity contribution in [3.8, 4) is 0 Å². The standard InChI is InChI=1S/C27H35N5O2S/c33-26(16-21-15-18-3-4-20(21)14-18)31-11-7-19(8-12-31)23-5-6-24(35-23)27(34)29-22-9-13-32(17-22)25-2-1-10-28-30-25/h1-2,5-6,10,18-22H,3-4,7-9,11-17H2,(H,29,34)/t18?,20?,21?,22-/m0/s1. The number of amides is 2. The van der Waals surface area contributed by atoms with E-state index in [1.807, 2.05) is 18.2 Å². The molecule has 2 saturated heterocycles. The van der Waals surface area contributed by atoms with E-state index in [9.17, 15) is 9.59 Å². The number of thiophene rings is 1. The van der Waals surface area contributed by atoms with Crippen molar-refractivity contribution in [1.82, 2.24) is 20.4 Å². The molecule has 2 aliphatic heterocycles. The number of hydrogen-bond acceptors (Lipinski definition) is 6. The van der Waals surface area contributed by atoms with Gasteiger partial charge in [0.15, 0.2) is 5.82 Å². The van der Waals surface area contributed by atoms with E-state index < -0.39 is 0 Å². The molecule has 0 spiro atoms. The fourth-order valence-corrected chi connectivity index (χ4v) is 7.97. The van der Waals surface area contributed by atoms with Gasteiger partial charge >= 0.3 is 0 Å². The molecule has 2 aromatic heterocycles. The zero-order valence-corrected chi connectivity index (χ0v) is 21.1. The average Bonchev–Trinajstić information content (AvgIpc) is 3.70. The molecule has 0 aromatic carbocycles. The van der Waals surface area contributed by atoms with Gasteiger partial charge in [-0.3, -0.25) is 9.59 Å². The quantitative estimate of drug-likeness (QED) is 0.656. The number of aromatic nitrogens is 2. The number of anilines is 1. The molecule has 35 heavy (non-hydrogen) atoms. The van der Waals surface area contributed by atoms with E-state index in [0.717, 1.165) is 74.4 Å². The highest BCUT2D eigenvalue weighted by Crippen LogP contribution is 2.49. The lowest BCUT2D eigenvalue weighted by Crippen LogP contribution is -2.39. The maximum absolute atomic E-state index is 12.9. The Hall–Kier alpha value is -2.48. The molecule has 2 aliphatic carbocycles. The monoisotopic (exact) mass is 493 g/mol. The molecule has 2 saturated carbocycles. The van der Waals surface area contributed by atoms with Crippen LogP contribution in [-0.2, 0) is 4.79 Å². The van der Waals surface area contributed by atoms with E-state index >= 15 is 0 Å². The van der Waals surface area contributed by atoms with Gasteiger partial charge in [0.2, 0.25) is 5.91 Å². The van der Waals surface area contributed by atoms with E-state index in [-0.39, 0.29) is 11.9 Å². The van der Waals surface area contributed by atoms with Crippen LogP contribution in [0.5, 0.6) is 0 Å². The zero-order chi connectivity index (χ0) is 23.8. The Morgan fingerprint density at radius 1 is 1.03 bits per heavy atom. The van der Waals surface area contributed by atoms with E-state index in [1.165, 1.54) is 30.6 Å². The number of carbonyl (C=O) groups excluding carboxylic acids is 2. The third kappa shape index (κ3) is 4.95.